The maximum Gasteiger partial charge on any atom is 0.354 e. The van der Waals surface area contributed by atoms with E-state index in [4.69, 9.17) is 4.74 Å². The minimum atomic E-state index is -0.468. The van der Waals surface area contributed by atoms with Gasteiger partial charge in [0.25, 0.3) is 0 Å². The van der Waals surface area contributed by atoms with Crippen molar-refractivity contribution < 1.29 is 14.3 Å². The molecule has 1 aromatic carbocycles. The van der Waals surface area contributed by atoms with Crippen LogP contribution >= 0.6 is 0 Å². The van der Waals surface area contributed by atoms with Crippen LogP contribution in [0.15, 0.2) is 36.0 Å². The number of rotatable bonds is 5. The molecule has 1 fully saturated rings. The Morgan fingerprint density at radius 1 is 1.18 bits per heavy atom. The van der Waals surface area contributed by atoms with Crippen LogP contribution < -0.4 is 5.32 Å². The smallest absolute Gasteiger partial charge is 0.354 e. The van der Waals surface area contributed by atoms with Crippen LogP contribution in [0.25, 0.3) is 6.08 Å². The van der Waals surface area contributed by atoms with Gasteiger partial charge in [-0.05, 0) is 30.4 Å². The molecule has 0 spiro atoms. The maximum atomic E-state index is 12.2. The molecule has 0 radical (unpaired) electrons. The first-order valence-corrected chi connectivity index (χ1v) is 7.86. The van der Waals surface area contributed by atoms with E-state index in [1.807, 2.05) is 30.3 Å². The van der Waals surface area contributed by atoms with Gasteiger partial charge in [-0.15, -0.1) is 0 Å². The molecular weight excluding hydrogens is 278 g/mol. The van der Waals surface area contributed by atoms with Gasteiger partial charge in [-0.25, -0.2) is 4.79 Å². The summed E-state index contributed by atoms with van der Waals surface area (Å²) in [7, 11) is 0. The summed E-state index contributed by atoms with van der Waals surface area (Å²) >= 11 is 0. The Morgan fingerprint density at radius 2 is 1.86 bits per heavy atom. The van der Waals surface area contributed by atoms with Crippen LogP contribution in [0.3, 0.4) is 0 Å². The number of amides is 1. The van der Waals surface area contributed by atoms with Gasteiger partial charge < -0.3 is 10.1 Å². The van der Waals surface area contributed by atoms with E-state index in [2.05, 4.69) is 5.32 Å². The Morgan fingerprint density at radius 3 is 2.50 bits per heavy atom. The van der Waals surface area contributed by atoms with Crippen LogP contribution in [-0.4, -0.2) is 18.5 Å². The standard InChI is InChI=1S/C18H23NO3/c1-14(20)19-17(12-15-8-4-2-5-9-15)18(21)22-13-16-10-6-3-7-11-16/h2,4-5,8-9,12,16H,3,6-7,10-11,13H2,1H3,(H,19,20)/b17-12-. The van der Waals surface area contributed by atoms with Crippen molar-refractivity contribution in [2.24, 2.45) is 5.92 Å². The highest BCUT2D eigenvalue weighted by Gasteiger charge is 2.18. The van der Waals surface area contributed by atoms with Gasteiger partial charge >= 0.3 is 5.97 Å². The van der Waals surface area contributed by atoms with Crippen molar-refractivity contribution in [2.75, 3.05) is 6.61 Å². The fourth-order valence-electron chi connectivity index (χ4n) is 2.68. The van der Waals surface area contributed by atoms with Crippen molar-refractivity contribution in [3.8, 4) is 0 Å². The van der Waals surface area contributed by atoms with E-state index >= 15 is 0 Å². The van der Waals surface area contributed by atoms with Crippen LogP contribution in [0.2, 0.25) is 0 Å². The SMILES string of the molecule is CC(=O)N/C(=C\c1ccccc1)C(=O)OCC1CCCCC1. The zero-order valence-corrected chi connectivity index (χ0v) is 13.0. The fraction of sp³-hybridized carbons (Fsp3) is 0.444. The number of carbonyl (C=O) groups excluding carboxylic acids is 2. The molecule has 2 rings (SSSR count). The molecule has 1 amide bonds. The highest BCUT2D eigenvalue weighted by molar-refractivity contribution is 5.97. The summed E-state index contributed by atoms with van der Waals surface area (Å²) in [5.74, 6) is -0.297. The first-order valence-electron chi connectivity index (χ1n) is 7.86. The summed E-state index contributed by atoms with van der Waals surface area (Å²) in [5, 5.41) is 2.56. The summed E-state index contributed by atoms with van der Waals surface area (Å²) < 4.78 is 5.39. The van der Waals surface area contributed by atoms with Crippen LogP contribution in [-0.2, 0) is 14.3 Å². The Hall–Kier alpha value is -2.10. The van der Waals surface area contributed by atoms with Gasteiger partial charge in [0.15, 0.2) is 0 Å². The molecule has 0 atom stereocenters. The molecule has 0 unspecified atom stereocenters. The lowest BCUT2D eigenvalue weighted by Gasteiger charge is -2.21. The first kappa shape index (κ1) is 16.3. The summed E-state index contributed by atoms with van der Waals surface area (Å²) in [4.78, 5) is 23.5. The van der Waals surface area contributed by atoms with E-state index in [1.165, 1.54) is 26.2 Å². The van der Waals surface area contributed by atoms with Crippen molar-refractivity contribution in [2.45, 2.75) is 39.0 Å². The fourth-order valence-corrected chi connectivity index (χ4v) is 2.68. The van der Waals surface area contributed by atoms with Crippen molar-refractivity contribution in [3.63, 3.8) is 0 Å². The highest BCUT2D eigenvalue weighted by Crippen LogP contribution is 2.23. The van der Waals surface area contributed by atoms with E-state index in [1.54, 1.807) is 6.08 Å². The van der Waals surface area contributed by atoms with E-state index < -0.39 is 5.97 Å². The molecule has 118 valence electrons. The van der Waals surface area contributed by atoms with Crippen LogP contribution in [0.1, 0.15) is 44.6 Å². The molecular formula is C18H23NO3. The summed E-state index contributed by atoms with van der Waals surface area (Å²) in [5.41, 5.74) is 1.04. The minimum Gasteiger partial charge on any atom is -0.461 e. The Kier molecular flexibility index (Phi) is 6.19. The summed E-state index contributed by atoms with van der Waals surface area (Å²) in [6.07, 6.45) is 7.57. The number of carbonyl (C=O) groups is 2. The van der Waals surface area contributed by atoms with E-state index in [0.29, 0.717) is 12.5 Å². The molecule has 1 aromatic rings. The van der Waals surface area contributed by atoms with Crippen LogP contribution in [0, 0.1) is 5.92 Å². The van der Waals surface area contributed by atoms with Crippen LogP contribution in [0.4, 0.5) is 0 Å². The van der Waals surface area contributed by atoms with E-state index in [0.717, 1.165) is 18.4 Å². The number of hydrogen-bond donors (Lipinski definition) is 1. The molecule has 0 bridgehead atoms. The van der Waals surface area contributed by atoms with Gasteiger partial charge in [0.2, 0.25) is 5.91 Å². The lowest BCUT2D eigenvalue weighted by atomic mass is 9.90. The number of esters is 1. The molecule has 4 heteroatoms. The number of ether oxygens (including phenoxy) is 1. The summed E-state index contributed by atoms with van der Waals surface area (Å²) in [6.45, 7) is 1.82. The van der Waals surface area contributed by atoms with Crippen LogP contribution in [0.5, 0.6) is 0 Å². The van der Waals surface area contributed by atoms with E-state index in [-0.39, 0.29) is 11.6 Å². The largest absolute Gasteiger partial charge is 0.461 e. The second-order valence-electron chi connectivity index (χ2n) is 5.75. The predicted octanol–water partition coefficient (Wildman–Crippen LogP) is 3.29. The molecule has 4 nitrogen and oxygen atoms in total. The second kappa shape index (κ2) is 8.37. The minimum absolute atomic E-state index is 0.189. The average Bonchev–Trinajstić information content (AvgIpc) is 2.53. The Balaban J connectivity index is 1.99. The van der Waals surface area contributed by atoms with Gasteiger partial charge in [-0.2, -0.15) is 0 Å². The van der Waals surface area contributed by atoms with Gasteiger partial charge in [0.05, 0.1) is 6.61 Å². The van der Waals surface area contributed by atoms with Gasteiger partial charge in [-0.3, -0.25) is 4.79 Å². The van der Waals surface area contributed by atoms with Crippen molar-refractivity contribution >= 4 is 18.0 Å². The Bertz CT molecular complexity index is 531. The lowest BCUT2D eigenvalue weighted by Crippen LogP contribution is -2.27. The highest BCUT2D eigenvalue weighted by atomic mass is 16.5. The average molecular weight is 301 g/mol. The van der Waals surface area contributed by atoms with Gasteiger partial charge in [-0.1, -0.05) is 49.6 Å². The number of nitrogens with one attached hydrogen (secondary N) is 1. The van der Waals surface area contributed by atoms with E-state index in [9.17, 15) is 9.59 Å². The van der Waals surface area contributed by atoms with Gasteiger partial charge in [0, 0.05) is 6.92 Å². The molecule has 1 aliphatic carbocycles. The van der Waals surface area contributed by atoms with Gasteiger partial charge in [0.1, 0.15) is 5.70 Å². The first-order chi connectivity index (χ1) is 10.6. The topological polar surface area (TPSA) is 55.4 Å². The molecule has 0 aromatic heterocycles. The molecule has 0 aliphatic heterocycles. The Labute approximate surface area is 131 Å². The van der Waals surface area contributed by atoms with Crippen molar-refractivity contribution in [3.05, 3.63) is 41.6 Å². The third kappa shape index (κ3) is 5.35. The zero-order valence-electron chi connectivity index (χ0n) is 13.0. The predicted molar refractivity (Wildman–Crippen MR) is 85.8 cm³/mol. The lowest BCUT2D eigenvalue weighted by molar-refractivity contribution is -0.141. The quantitative estimate of drug-likeness (QED) is 0.670. The normalized spacial score (nSPS) is 16.1. The molecule has 22 heavy (non-hydrogen) atoms. The summed E-state index contributed by atoms with van der Waals surface area (Å²) in [6, 6.07) is 9.40. The zero-order chi connectivity index (χ0) is 15.8. The molecule has 1 N–H and O–H groups in total. The number of hydrogen-bond acceptors (Lipinski definition) is 3. The molecule has 0 heterocycles. The molecule has 0 saturated heterocycles. The van der Waals surface area contributed by atoms with Crippen molar-refractivity contribution in [1.29, 1.82) is 0 Å². The third-order valence-corrected chi connectivity index (χ3v) is 3.82. The monoisotopic (exact) mass is 301 g/mol. The second-order valence-corrected chi connectivity index (χ2v) is 5.75. The van der Waals surface area contributed by atoms with Crippen molar-refractivity contribution in [1.82, 2.24) is 5.32 Å². The molecule has 1 aliphatic rings. The third-order valence-electron chi connectivity index (χ3n) is 3.82. The molecule has 1 saturated carbocycles. The maximum absolute atomic E-state index is 12.2. The number of benzene rings is 1.